The zero-order valence-electron chi connectivity index (χ0n) is 7.21. The summed E-state index contributed by atoms with van der Waals surface area (Å²) in [7, 11) is 0. The topological polar surface area (TPSA) is 67.8 Å². The predicted molar refractivity (Wildman–Crippen MR) is 50.1 cm³/mol. The van der Waals surface area contributed by atoms with Crippen molar-refractivity contribution in [1.29, 1.82) is 0 Å². The van der Waals surface area contributed by atoms with Crippen molar-refractivity contribution < 1.29 is 14.4 Å². The Morgan fingerprint density at radius 2 is 1.93 bits per heavy atom. The maximum atomic E-state index is 11.0. The first-order valence-corrected chi connectivity index (χ1v) is 3.83. The molecule has 1 heterocycles. The van der Waals surface area contributed by atoms with Crippen LogP contribution in [0.25, 0.3) is 0 Å². The standard InChI is InChI=1S/C9H8N2O3/c12-8-4-2-1-3-7-10-11-14-9(13)6-5-8/h1-7,11H. The van der Waals surface area contributed by atoms with Crippen LogP contribution in [0, 0.1) is 0 Å². The van der Waals surface area contributed by atoms with Crippen molar-refractivity contribution in [1.82, 2.24) is 5.59 Å². The van der Waals surface area contributed by atoms with Crippen LogP contribution in [0.4, 0.5) is 0 Å². The summed E-state index contributed by atoms with van der Waals surface area (Å²) < 4.78 is 0. The van der Waals surface area contributed by atoms with Gasteiger partial charge >= 0.3 is 5.97 Å². The van der Waals surface area contributed by atoms with Crippen molar-refractivity contribution >= 4 is 18.0 Å². The number of nitrogens with zero attached hydrogens (tertiary/aromatic N) is 1. The molecule has 0 saturated carbocycles. The zero-order valence-corrected chi connectivity index (χ0v) is 7.21. The van der Waals surface area contributed by atoms with E-state index in [2.05, 4.69) is 9.94 Å². The van der Waals surface area contributed by atoms with Crippen LogP contribution in [0.15, 0.2) is 41.6 Å². The Kier molecular flexibility index (Phi) is 3.87. The minimum atomic E-state index is -0.687. The molecular formula is C9H8N2O3. The SMILES string of the molecule is O=C1C=CC=CC=NNOC(=O)C=C1. The molecule has 0 fully saturated rings. The van der Waals surface area contributed by atoms with Gasteiger partial charge in [-0.05, 0) is 18.2 Å². The molecular weight excluding hydrogens is 184 g/mol. The highest BCUT2D eigenvalue weighted by molar-refractivity contribution is 6.02. The highest BCUT2D eigenvalue weighted by Crippen LogP contribution is 1.86. The molecule has 0 unspecified atom stereocenters. The minimum Gasteiger partial charge on any atom is -0.322 e. The molecule has 14 heavy (non-hydrogen) atoms. The van der Waals surface area contributed by atoms with Gasteiger partial charge in [-0.2, -0.15) is 5.10 Å². The predicted octanol–water partition coefficient (Wildman–Crippen LogP) is 0.271. The Bertz CT molecular complexity index is 340. The van der Waals surface area contributed by atoms with Crippen LogP contribution >= 0.6 is 0 Å². The molecule has 0 amide bonds. The molecule has 0 aromatic carbocycles. The average molecular weight is 192 g/mol. The second-order valence-electron chi connectivity index (χ2n) is 2.27. The first-order chi connectivity index (χ1) is 6.79. The van der Waals surface area contributed by atoms with E-state index in [1.165, 1.54) is 12.3 Å². The highest BCUT2D eigenvalue weighted by atomic mass is 16.7. The Labute approximate surface area is 80.4 Å². The third-order valence-corrected chi connectivity index (χ3v) is 1.23. The van der Waals surface area contributed by atoms with Gasteiger partial charge in [0.2, 0.25) is 0 Å². The smallest absolute Gasteiger partial charge is 0.322 e. The molecule has 0 aliphatic carbocycles. The van der Waals surface area contributed by atoms with Crippen molar-refractivity contribution in [3.63, 3.8) is 0 Å². The number of nitrogens with one attached hydrogen (secondary N) is 1. The van der Waals surface area contributed by atoms with Gasteiger partial charge in [0.15, 0.2) is 5.78 Å². The molecule has 0 atom stereocenters. The summed E-state index contributed by atoms with van der Waals surface area (Å²) in [5.41, 5.74) is 2.05. The largest absolute Gasteiger partial charge is 0.357 e. The van der Waals surface area contributed by atoms with E-state index >= 15 is 0 Å². The molecule has 5 nitrogen and oxygen atoms in total. The van der Waals surface area contributed by atoms with Gasteiger partial charge in [-0.15, -0.1) is 5.59 Å². The lowest BCUT2D eigenvalue weighted by molar-refractivity contribution is -0.144. The van der Waals surface area contributed by atoms with Crippen LogP contribution in [0.2, 0.25) is 0 Å². The molecule has 0 radical (unpaired) electrons. The zero-order chi connectivity index (χ0) is 10.2. The summed E-state index contributed by atoms with van der Waals surface area (Å²) in [6.45, 7) is 0. The normalized spacial score (nSPS) is 16.9. The summed E-state index contributed by atoms with van der Waals surface area (Å²) >= 11 is 0. The molecule has 0 saturated heterocycles. The van der Waals surface area contributed by atoms with Gasteiger partial charge < -0.3 is 4.84 Å². The van der Waals surface area contributed by atoms with E-state index < -0.39 is 5.97 Å². The molecule has 1 aliphatic heterocycles. The van der Waals surface area contributed by atoms with Crippen molar-refractivity contribution in [2.45, 2.75) is 0 Å². The molecule has 0 aromatic rings. The van der Waals surface area contributed by atoms with Crippen molar-refractivity contribution in [3.05, 3.63) is 36.5 Å². The monoisotopic (exact) mass is 192 g/mol. The molecule has 1 N–H and O–H groups in total. The first-order valence-electron chi connectivity index (χ1n) is 3.83. The van der Waals surface area contributed by atoms with Crippen LogP contribution in [0.5, 0.6) is 0 Å². The minimum absolute atomic E-state index is 0.288. The van der Waals surface area contributed by atoms with E-state index in [9.17, 15) is 9.59 Å². The van der Waals surface area contributed by atoms with E-state index in [1.807, 2.05) is 5.59 Å². The van der Waals surface area contributed by atoms with Gasteiger partial charge in [0.1, 0.15) is 0 Å². The second kappa shape index (κ2) is 5.47. The average Bonchev–Trinajstić information content (AvgIpc) is 2.17. The van der Waals surface area contributed by atoms with E-state index in [0.717, 1.165) is 12.2 Å². The van der Waals surface area contributed by atoms with Gasteiger partial charge in [0, 0.05) is 6.08 Å². The molecule has 0 spiro atoms. The number of ketones is 1. The third-order valence-electron chi connectivity index (χ3n) is 1.23. The summed E-state index contributed by atoms with van der Waals surface area (Å²) in [6.07, 6.45) is 9.58. The summed E-state index contributed by atoms with van der Waals surface area (Å²) in [4.78, 5) is 26.2. The molecule has 0 bridgehead atoms. The van der Waals surface area contributed by atoms with Gasteiger partial charge in [-0.25, -0.2) is 4.79 Å². The number of hydrogen-bond donors (Lipinski definition) is 1. The second-order valence-corrected chi connectivity index (χ2v) is 2.27. The van der Waals surface area contributed by atoms with Crippen molar-refractivity contribution in [2.24, 2.45) is 5.10 Å². The fraction of sp³-hybridized carbons (Fsp3) is 0. The quantitative estimate of drug-likeness (QED) is 0.598. The highest BCUT2D eigenvalue weighted by Gasteiger charge is 1.96. The van der Waals surface area contributed by atoms with Crippen molar-refractivity contribution in [3.8, 4) is 0 Å². The number of rotatable bonds is 0. The lowest BCUT2D eigenvalue weighted by Crippen LogP contribution is -2.12. The van der Waals surface area contributed by atoms with E-state index in [-0.39, 0.29) is 5.78 Å². The maximum Gasteiger partial charge on any atom is 0.357 e. The maximum absolute atomic E-state index is 11.0. The first kappa shape index (κ1) is 9.91. The van der Waals surface area contributed by atoms with Gasteiger partial charge in [-0.1, -0.05) is 12.2 Å². The fourth-order valence-electron chi connectivity index (χ4n) is 0.649. The van der Waals surface area contributed by atoms with Crippen LogP contribution in [-0.2, 0) is 14.4 Å². The van der Waals surface area contributed by atoms with E-state index in [0.29, 0.717) is 0 Å². The van der Waals surface area contributed by atoms with Gasteiger partial charge in [0.25, 0.3) is 0 Å². The van der Waals surface area contributed by atoms with Gasteiger partial charge in [-0.3, -0.25) is 4.79 Å². The number of hydrazone groups is 1. The molecule has 0 aromatic heterocycles. The summed E-state index contributed by atoms with van der Waals surface area (Å²) in [5, 5.41) is 3.52. The van der Waals surface area contributed by atoms with Crippen LogP contribution < -0.4 is 5.59 Å². The lowest BCUT2D eigenvalue weighted by Gasteiger charge is -1.96. The van der Waals surface area contributed by atoms with Crippen LogP contribution in [-0.4, -0.2) is 18.0 Å². The Hall–Kier alpha value is -2.17. The van der Waals surface area contributed by atoms with Crippen molar-refractivity contribution in [2.75, 3.05) is 0 Å². The summed E-state index contributed by atoms with van der Waals surface area (Å²) in [5.74, 6) is -0.974. The Morgan fingerprint density at radius 3 is 2.79 bits per heavy atom. The fourth-order valence-corrected chi connectivity index (χ4v) is 0.649. The Balaban J connectivity index is 2.73. The number of carbonyl (C=O) groups is 2. The summed E-state index contributed by atoms with van der Waals surface area (Å²) in [6, 6.07) is 0. The van der Waals surface area contributed by atoms with Crippen LogP contribution in [0.3, 0.4) is 0 Å². The number of carbonyl (C=O) groups excluding carboxylic acids is 2. The molecule has 1 rings (SSSR count). The lowest BCUT2D eigenvalue weighted by atomic mass is 10.3. The number of hydrogen-bond acceptors (Lipinski definition) is 5. The Morgan fingerprint density at radius 1 is 1.07 bits per heavy atom. The third kappa shape index (κ3) is 4.01. The van der Waals surface area contributed by atoms with Crippen LogP contribution in [0.1, 0.15) is 0 Å². The molecule has 5 heteroatoms. The molecule has 1 aliphatic rings. The van der Waals surface area contributed by atoms with Gasteiger partial charge in [0.05, 0.1) is 6.21 Å². The van der Waals surface area contributed by atoms with E-state index in [1.54, 1.807) is 18.2 Å². The van der Waals surface area contributed by atoms with E-state index in [4.69, 9.17) is 0 Å². The number of allylic oxidation sites excluding steroid dienone is 5. The molecule has 72 valence electrons.